The molecule has 0 bridgehead atoms. The van der Waals surface area contributed by atoms with Crippen LogP contribution in [-0.2, 0) is 10.8 Å². The predicted octanol–water partition coefficient (Wildman–Crippen LogP) is 3.57. The molecular formula is C12H20OS. The SMILES string of the molecule is CC.CC(C)c1ccc(S(C)=O)cc1. The summed E-state index contributed by atoms with van der Waals surface area (Å²) in [5.41, 5.74) is 1.30. The highest BCUT2D eigenvalue weighted by Gasteiger charge is 1.99. The van der Waals surface area contributed by atoms with Gasteiger partial charge in [-0.15, -0.1) is 0 Å². The van der Waals surface area contributed by atoms with Gasteiger partial charge in [-0.25, -0.2) is 0 Å². The molecular weight excluding hydrogens is 192 g/mol. The molecule has 0 amide bonds. The fourth-order valence-corrected chi connectivity index (χ4v) is 1.56. The van der Waals surface area contributed by atoms with Crippen molar-refractivity contribution < 1.29 is 4.21 Å². The molecule has 0 aromatic heterocycles. The monoisotopic (exact) mass is 212 g/mol. The fraction of sp³-hybridized carbons (Fsp3) is 0.500. The molecule has 0 saturated carbocycles. The van der Waals surface area contributed by atoms with Crippen LogP contribution in [-0.4, -0.2) is 10.5 Å². The van der Waals surface area contributed by atoms with Gasteiger partial charge in [0, 0.05) is 22.0 Å². The van der Waals surface area contributed by atoms with Gasteiger partial charge in [-0.2, -0.15) is 0 Å². The summed E-state index contributed by atoms with van der Waals surface area (Å²) >= 11 is 0. The number of hydrogen-bond donors (Lipinski definition) is 0. The minimum absolute atomic E-state index is 0.546. The highest BCUT2D eigenvalue weighted by Crippen LogP contribution is 2.15. The average molecular weight is 212 g/mol. The molecule has 1 unspecified atom stereocenters. The summed E-state index contributed by atoms with van der Waals surface area (Å²) in [7, 11) is -0.850. The summed E-state index contributed by atoms with van der Waals surface area (Å²) in [4.78, 5) is 0.902. The van der Waals surface area contributed by atoms with Gasteiger partial charge < -0.3 is 0 Å². The smallest absolute Gasteiger partial charge is 0.0498 e. The van der Waals surface area contributed by atoms with Crippen LogP contribution in [0.3, 0.4) is 0 Å². The molecule has 0 saturated heterocycles. The second-order valence-electron chi connectivity index (χ2n) is 3.18. The number of benzene rings is 1. The molecule has 2 heteroatoms. The van der Waals surface area contributed by atoms with Crippen LogP contribution in [0.5, 0.6) is 0 Å². The van der Waals surface area contributed by atoms with Gasteiger partial charge in [0.25, 0.3) is 0 Å². The van der Waals surface area contributed by atoms with E-state index in [2.05, 4.69) is 13.8 Å². The van der Waals surface area contributed by atoms with E-state index in [1.807, 2.05) is 38.1 Å². The second kappa shape index (κ2) is 6.77. The normalized spacial score (nSPS) is 11.9. The molecule has 0 spiro atoms. The van der Waals surface area contributed by atoms with Crippen molar-refractivity contribution in [2.45, 2.75) is 38.5 Å². The van der Waals surface area contributed by atoms with Crippen molar-refractivity contribution in [1.82, 2.24) is 0 Å². The minimum Gasteiger partial charge on any atom is -0.255 e. The maximum Gasteiger partial charge on any atom is 0.0498 e. The first-order chi connectivity index (χ1) is 6.61. The molecule has 1 nitrogen and oxygen atoms in total. The molecule has 1 rings (SSSR count). The van der Waals surface area contributed by atoms with Gasteiger partial charge in [0.1, 0.15) is 0 Å². The van der Waals surface area contributed by atoms with Crippen molar-refractivity contribution in [2.24, 2.45) is 0 Å². The van der Waals surface area contributed by atoms with Crippen molar-refractivity contribution in [3.63, 3.8) is 0 Å². The highest BCUT2D eigenvalue weighted by molar-refractivity contribution is 7.84. The first kappa shape index (κ1) is 13.4. The molecule has 14 heavy (non-hydrogen) atoms. The zero-order chi connectivity index (χ0) is 11.1. The van der Waals surface area contributed by atoms with Gasteiger partial charge in [-0.1, -0.05) is 39.8 Å². The van der Waals surface area contributed by atoms with E-state index in [0.717, 1.165) is 4.90 Å². The van der Waals surface area contributed by atoms with Crippen LogP contribution in [0.4, 0.5) is 0 Å². The summed E-state index contributed by atoms with van der Waals surface area (Å²) in [5.74, 6) is 0.546. The molecule has 0 aliphatic heterocycles. The van der Waals surface area contributed by atoms with Gasteiger partial charge in [0.2, 0.25) is 0 Å². The molecule has 0 N–H and O–H groups in total. The van der Waals surface area contributed by atoms with E-state index in [0.29, 0.717) is 5.92 Å². The van der Waals surface area contributed by atoms with Crippen molar-refractivity contribution in [3.05, 3.63) is 29.8 Å². The van der Waals surface area contributed by atoms with Gasteiger partial charge in [-0.05, 0) is 23.6 Å². The third kappa shape index (κ3) is 4.05. The van der Waals surface area contributed by atoms with Crippen LogP contribution < -0.4 is 0 Å². The van der Waals surface area contributed by atoms with Crippen LogP contribution in [0, 0.1) is 0 Å². The summed E-state index contributed by atoms with van der Waals surface area (Å²) in [5, 5.41) is 0. The molecule has 0 aliphatic carbocycles. The van der Waals surface area contributed by atoms with Crippen molar-refractivity contribution in [1.29, 1.82) is 0 Å². The summed E-state index contributed by atoms with van der Waals surface area (Å²) in [6.07, 6.45) is 1.70. The maximum absolute atomic E-state index is 11.0. The molecule has 1 atom stereocenters. The molecule has 80 valence electrons. The van der Waals surface area contributed by atoms with Gasteiger partial charge in [0.05, 0.1) is 0 Å². The second-order valence-corrected chi connectivity index (χ2v) is 4.56. The van der Waals surface area contributed by atoms with E-state index >= 15 is 0 Å². The average Bonchev–Trinajstić information content (AvgIpc) is 2.21. The number of rotatable bonds is 2. The van der Waals surface area contributed by atoms with E-state index in [9.17, 15) is 4.21 Å². The van der Waals surface area contributed by atoms with E-state index in [1.54, 1.807) is 6.26 Å². The van der Waals surface area contributed by atoms with Gasteiger partial charge >= 0.3 is 0 Å². The van der Waals surface area contributed by atoms with Crippen LogP contribution >= 0.6 is 0 Å². The Morgan fingerprint density at radius 3 is 1.79 bits per heavy atom. The van der Waals surface area contributed by atoms with Crippen LogP contribution in [0.1, 0.15) is 39.2 Å². The largest absolute Gasteiger partial charge is 0.255 e. The van der Waals surface area contributed by atoms with Crippen molar-refractivity contribution >= 4 is 10.8 Å². The third-order valence-electron chi connectivity index (χ3n) is 1.88. The highest BCUT2D eigenvalue weighted by atomic mass is 32.2. The standard InChI is InChI=1S/C10H14OS.C2H6/c1-8(2)9-4-6-10(7-5-9)12(3)11;1-2/h4-8H,1-3H3;1-2H3. The first-order valence-electron chi connectivity index (χ1n) is 5.04. The minimum atomic E-state index is -0.850. The molecule has 1 aromatic carbocycles. The Balaban J connectivity index is 0.000000791. The molecule has 0 heterocycles. The third-order valence-corrected chi connectivity index (χ3v) is 2.81. The molecule has 0 radical (unpaired) electrons. The summed E-state index contributed by atoms with van der Waals surface area (Å²) in [6, 6.07) is 7.96. The lowest BCUT2D eigenvalue weighted by Crippen LogP contribution is -1.90. The maximum atomic E-state index is 11.0. The summed E-state index contributed by atoms with van der Waals surface area (Å²) < 4.78 is 11.0. The van der Waals surface area contributed by atoms with E-state index < -0.39 is 10.8 Å². The quantitative estimate of drug-likeness (QED) is 0.732. The Labute approximate surface area is 90.0 Å². The van der Waals surface area contributed by atoms with Gasteiger partial charge in [0.15, 0.2) is 0 Å². The fourth-order valence-electron chi connectivity index (χ4n) is 1.04. The predicted molar refractivity (Wildman–Crippen MR) is 64.2 cm³/mol. The Morgan fingerprint density at radius 1 is 1.07 bits per heavy atom. The lowest BCUT2D eigenvalue weighted by molar-refractivity contribution is 0.686. The Kier molecular flexibility index (Phi) is 6.46. The zero-order valence-electron chi connectivity index (χ0n) is 9.70. The Morgan fingerprint density at radius 2 is 1.50 bits per heavy atom. The Bertz CT molecular complexity index is 275. The van der Waals surface area contributed by atoms with E-state index in [-0.39, 0.29) is 0 Å². The summed E-state index contributed by atoms with van der Waals surface area (Å²) in [6.45, 7) is 8.30. The van der Waals surface area contributed by atoms with Crippen LogP contribution in [0.2, 0.25) is 0 Å². The van der Waals surface area contributed by atoms with E-state index in [4.69, 9.17) is 0 Å². The Hall–Kier alpha value is -0.630. The lowest BCUT2D eigenvalue weighted by Gasteiger charge is -2.04. The van der Waals surface area contributed by atoms with Crippen LogP contribution in [0.15, 0.2) is 29.2 Å². The number of hydrogen-bond acceptors (Lipinski definition) is 1. The van der Waals surface area contributed by atoms with Crippen LogP contribution in [0.25, 0.3) is 0 Å². The lowest BCUT2D eigenvalue weighted by atomic mass is 10.0. The first-order valence-corrected chi connectivity index (χ1v) is 6.60. The van der Waals surface area contributed by atoms with E-state index in [1.165, 1.54) is 5.56 Å². The molecule has 0 fully saturated rings. The van der Waals surface area contributed by atoms with Gasteiger partial charge in [-0.3, -0.25) is 4.21 Å². The topological polar surface area (TPSA) is 17.1 Å². The van der Waals surface area contributed by atoms with Crippen molar-refractivity contribution in [2.75, 3.05) is 6.26 Å². The van der Waals surface area contributed by atoms with Crippen molar-refractivity contribution in [3.8, 4) is 0 Å². The molecule has 1 aromatic rings. The zero-order valence-corrected chi connectivity index (χ0v) is 10.5. The molecule has 0 aliphatic rings.